The smallest absolute Gasteiger partial charge is 0.118 e. The van der Waals surface area contributed by atoms with Crippen LogP contribution in [-0.4, -0.2) is 15.5 Å². The van der Waals surface area contributed by atoms with Crippen LogP contribution < -0.4 is 5.73 Å². The van der Waals surface area contributed by atoms with Crippen LogP contribution in [0.25, 0.3) is 0 Å². The van der Waals surface area contributed by atoms with Gasteiger partial charge < -0.3 is 5.73 Å². The Labute approximate surface area is 108 Å². The Hall–Kier alpha value is -0.640. The second-order valence-electron chi connectivity index (χ2n) is 5.30. The van der Waals surface area contributed by atoms with Gasteiger partial charge in [0.05, 0.1) is 11.4 Å². The van der Waals surface area contributed by atoms with E-state index in [1.807, 2.05) is 18.7 Å². The summed E-state index contributed by atoms with van der Waals surface area (Å²) in [7, 11) is 0. The van der Waals surface area contributed by atoms with E-state index in [1.165, 1.54) is 36.5 Å². The number of hydrogen-bond acceptors (Lipinski definition) is 3. The fourth-order valence-electron chi connectivity index (χ4n) is 2.41. The average molecular weight is 253 g/mol. The summed E-state index contributed by atoms with van der Waals surface area (Å²) in [6, 6.07) is 0.386. The maximum Gasteiger partial charge on any atom is 0.118 e. The number of nitrogens with two attached hydrogens (primary N) is 1. The van der Waals surface area contributed by atoms with E-state index in [1.54, 1.807) is 0 Å². The Kier molecular flexibility index (Phi) is 4.02. The molecule has 96 valence electrons. The summed E-state index contributed by atoms with van der Waals surface area (Å²) >= 11 is 1.90. The Morgan fingerprint density at radius 2 is 2.06 bits per heavy atom. The normalized spacial score (nSPS) is 17.2. The van der Waals surface area contributed by atoms with Crippen molar-refractivity contribution in [2.75, 3.05) is 11.5 Å². The first kappa shape index (κ1) is 12.8. The summed E-state index contributed by atoms with van der Waals surface area (Å²) in [6.07, 6.45) is 5.59. The Morgan fingerprint density at radius 1 is 1.41 bits per heavy atom. The Balaban J connectivity index is 2.07. The molecule has 3 nitrogen and oxygen atoms in total. The molecule has 1 saturated carbocycles. The number of anilines is 1. The molecule has 0 radical (unpaired) electrons. The standard InChI is InChI=1S/C13H23N3S/c1-9(2)16-13(12(14)10(3)15-16)17-8-11-6-4-5-7-11/h9,11H,4-8,14H2,1-3H3. The predicted octanol–water partition coefficient (Wildman–Crippen LogP) is 3.64. The van der Waals surface area contributed by atoms with E-state index < -0.39 is 0 Å². The SMILES string of the molecule is Cc1nn(C(C)C)c(SCC2CCCC2)c1N. The second kappa shape index (κ2) is 5.34. The molecule has 0 aliphatic heterocycles. The third-order valence-corrected chi connectivity index (χ3v) is 4.82. The molecule has 0 amide bonds. The number of aryl methyl sites for hydroxylation is 1. The lowest BCUT2D eigenvalue weighted by Gasteiger charge is -2.13. The maximum atomic E-state index is 6.12. The van der Waals surface area contributed by atoms with Gasteiger partial charge in [0.25, 0.3) is 0 Å². The van der Waals surface area contributed by atoms with Crippen molar-refractivity contribution in [3.63, 3.8) is 0 Å². The van der Waals surface area contributed by atoms with Crippen molar-refractivity contribution in [2.45, 2.75) is 57.5 Å². The van der Waals surface area contributed by atoms with Crippen molar-refractivity contribution < 1.29 is 0 Å². The largest absolute Gasteiger partial charge is 0.395 e. The fourth-order valence-corrected chi connectivity index (χ4v) is 3.82. The van der Waals surface area contributed by atoms with Gasteiger partial charge in [-0.3, -0.25) is 4.68 Å². The summed E-state index contributed by atoms with van der Waals surface area (Å²) < 4.78 is 2.07. The first-order valence-corrected chi connectivity index (χ1v) is 7.55. The first-order chi connectivity index (χ1) is 8.09. The highest BCUT2D eigenvalue weighted by molar-refractivity contribution is 7.99. The van der Waals surface area contributed by atoms with Crippen LogP contribution in [0, 0.1) is 12.8 Å². The minimum atomic E-state index is 0.386. The van der Waals surface area contributed by atoms with Crippen molar-refractivity contribution in [3.05, 3.63) is 5.69 Å². The van der Waals surface area contributed by atoms with Gasteiger partial charge in [0.1, 0.15) is 5.03 Å². The van der Waals surface area contributed by atoms with Crippen LogP contribution >= 0.6 is 11.8 Å². The molecule has 0 aromatic carbocycles. The second-order valence-corrected chi connectivity index (χ2v) is 6.31. The van der Waals surface area contributed by atoms with Crippen LogP contribution in [0.4, 0.5) is 5.69 Å². The molecule has 1 aliphatic rings. The number of nitrogen functional groups attached to an aromatic ring is 1. The number of thioether (sulfide) groups is 1. The van der Waals surface area contributed by atoms with E-state index in [2.05, 4.69) is 23.6 Å². The van der Waals surface area contributed by atoms with Gasteiger partial charge >= 0.3 is 0 Å². The van der Waals surface area contributed by atoms with Crippen molar-refractivity contribution in [3.8, 4) is 0 Å². The molecule has 17 heavy (non-hydrogen) atoms. The molecule has 0 unspecified atom stereocenters. The third-order valence-electron chi connectivity index (χ3n) is 3.51. The lowest BCUT2D eigenvalue weighted by Crippen LogP contribution is -2.06. The van der Waals surface area contributed by atoms with Gasteiger partial charge in [-0.25, -0.2) is 0 Å². The zero-order valence-electron chi connectivity index (χ0n) is 11.1. The minimum absolute atomic E-state index is 0.386. The van der Waals surface area contributed by atoms with Crippen molar-refractivity contribution in [1.29, 1.82) is 0 Å². The molecule has 1 aromatic rings. The van der Waals surface area contributed by atoms with E-state index >= 15 is 0 Å². The van der Waals surface area contributed by atoms with Gasteiger partial charge in [-0.15, -0.1) is 11.8 Å². The number of aromatic nitrogens is 2. The summed E-state index contributed by atoms with van der Waals surface area (Å²) in [6.45, 7) is 6.31. The molecule has 4 heteroatoms. The monoisotopic (exact) mass is 253 g/mol. The lowest BCUT2D eigenvalue weighted by molar-refractivity contribution is 0.490. The highest BCUT2D eigenvalue weighted by Crippen LogP contribution is 2.35. The van der Waals surface area contributed by atoms with Crippen LogP contribution in [0.15, 0.2) is 5.03 Å². The molecule has 0 atom stereocenters. The van der Waals surface area contributed by atoms with E-state index in [-0.39, 0.29) is 0 Å². The van der Waals surface area contributed by atoms with Crippen molar-refractivity contribution in [1.82, 2.24) is 9.78 Å². The van der Waals surface area contributed by atoms with Crippen LogP contribution in [0.5, 0.6) is 0 Å². The average Bonchev–Trinajstić information content (AvgIpc) is 2.87. The Morgan fingerprint density at radius 3 is 2.65 bits per heavy atom. The van der Waals surface area contributed by atoms with Crippen molar-refractivity contribution in [2.24, 2.45) is 5.92 Å². The van der Waals surface area contributed by atoms with Crippen LogP contribution in [0.2, 0.25) is 0 Å². The molecular formula is C13H23N3S. The third kappa shape index (κ3) is 2.79. The summed E-state index contributed by atoms with van der Waals surface area (Å²) in [5, 5.41) is 5.70. The van der Waals surface area contributed by atoms with Gasteiger partial charge in [-0.2, -0.15) is 5.10 Å². The molecule has 0 spiro atoms. The van der Waals surface area contributed by atoms with Gasteiger partial charge in [0, 0.05) is 11.8 Å². The lowest BCUT2D eigenvalue weighted by atomic mass is 10.1. The van der Waals surface area contributed by atoms with Gasteiger partial charge in [0.2, 0.25) is 0 Å². The molecule has 2 N–H and O–H groups in total. The molecule has 1 aromatic heterocycles. The maximum absolute atomic E-state index is 6.12. The van der Waals surface area contributed by atoms with Gasteiger partial charge in [0.15, 0.2) is 0 Å². The summed E-state index contributed by atoms with van der Waals surface area (Å²) in [4.78, 5) is 0. The molecule has 0 bridgehead atoms. The van der Waals surface area contributed by atoms with Crippen molar-refractivity contribution >= 4 is 17.4 Å². The summed E-state index contributed by atoms with van der Waals surface area (Å²) in [5.41, 5.74) is 7.96. The predicted molar refractivity (Wildman–Crippen MR) is 74.4 cm³/mol. The number of hydrogen-bond donors (Lipinski definition) is 1. The minimum Gasteiger partial charge on any atom is -0.395 e. The molecular weight excluding hydrogens is 230 g/mol. The molecule has 2 rings (SSSR count). The number of rotatable bonds is 4. The Bertz CT molecular complexity index is 378. The quantitative estimate of drug-likeness (QED) is 0.833. The fraction of sp³-hybridized carbons (Fsp3) is 0.769. The van der Waals surface area contributed by atoms with Crippen LogP contribution in [0.3, 0.4) is 0 Å². The van der Waals surface area contributed by atoms with Gasteiger partial charge in [-0.05, 0) is 39.5 Å². The molecule has 1 fully saturated rings. The first-order valence-electron chi connectivity index (χ1n) is 6.57. The van der Waals surface area contributed by atoms with E-state index in [0.717, 1.165) is 17.3 Å². The summed E-state index contributed by atoms with van der Waals surface area (Å²) in [5.74, 6) is 2.08. The van der Waals surface area contributed by atoms with E-state index in [0.29, 0.717) is 6.04 Å². The van der Waals surface area contributed by atoms with Crippen LogP contribution in [-0.2, 0) is 0 Å². The molecule has 0 saturated heterocycles. The topological polar surface area (TPSA) is 43.8 Å². The zero-order chi connectivity index (χ0) is 12.4. The molecule has 1 heterocycles. The van der Waals surface area contributed by atoms with Crippen LogP contribution in [0.1, 0.15) is 51.3 Å². The van der Waals surface area contributed by atoms with E-state index in [9.17, 15) is 0 Å². The highest BCUT2D eigenvalue weighted by Gasteiger charge is 2.19. The highest BCUT2D eigenvalue weighted by atomic mass is 32.2. The van der Waals surface area contributed by atoms with Gasteiger partial charge in [-0.1, -0.05) is 12.8 Å². The zero-order valence-corrected chi connectivity index (χ0v) is 11.9. The number of nitrogens with zero attached hydrogens (tertiary/aromatic N) is 2. The molecule has 1 aliphatic carbocycles. The van der Waals surface area contributed by atoms with E-state index in [4.69, 9.17) is 5.73 Å².